The van der Waals surface area contributed by atoms with Gasteiger partial charge in [0.15, 0.2) is 11.5 Å². The normalized spacial score (nSPS) is 19.5. The molecule has 4 N–H and O–H groups in total. The molecule has 2 fully saturated rings. The molecule has 10 nitrogen and oxygen atoms in total. The number of benzene rings is 3. The first-order chi connectivity index (χ1) is 21.7. The number of rotatable bonds is 6. The molecule has 0 atom stereocenters. The molecule has 3 aromatic rings. The number of nitrogens with zero attached hydrogens (tertiary/aromatic N) is 2. The van der Waals surface area contributed by atoms with E-state index in [4.69, 9.17) is 15.2 Å². The summed E-state index contributed by atoms with van der Waals surface area (Å²) in [6.45, 7) is 1.69. The Bertz CT molecular complexity index is 1590. The fourth-order valence-electron chi connectivity index (χ4n) is 6.04. The Hall–Kier alpha value is -4.71. The molecule has 1 saturated carbocycles. The van der Waals surface area contributed by atoms with Gasteiger partial charge in [-0.25, -0.2) is 8.78 Å². The third-order valence-electron chi connectivity index (χ3n) is 8.48. The van der Waals surface area contributed by atoms with Crippen LogP contribution in [0.5, 0.6) is 11.5 Å². The van der Waals surface area contributed by atoms with Crippen molar-refractivity contribution in [1.29, 1.82) is 0 Å². The topological polar surface area (TPSA) is 126 Å². The molecule has 0 radical (unpaired) electrons. The summed E-state index contributed by atoms with van der Waals surface area (Å²) in [5.74, 6) is -1.69. The van der Waals surface area contributed by atoms with Crippen LogP contribution in [0.15, 0.2) is 54.6 Å². The molecule has 0 spiro atoms. The number of nitrogens with two attached hydrogens (primary N) is 1. The molecule has 2 aliphatic heterocycles. The van der Waals surface area contributed by atoms with Gasteiger partial charge in [-0.3, -0.25) is 14.4 Å². The van der Waals surface area contributed by atoms with Gasteiger partial charge in [-0.1, -0.05) is 0 Å². The molecular weight excluding hydrogens is 584 g/mol. The number of hydrogen-bond donors (Lipinski definition) is 3. The molecular formula is C33H35F2N5O5. The van der Waals surface area contributed by atoms with E-state index in [-0.39, 0.29) is 30.3 Å². The van der Waals surface area contributed by atoms with Gasteiger partial charge in [0, 0.05) is 61.0 Å². The molecule has 3 amide bonds. The first-order valence-corrected chi connectivity index (χ1v) is 15.2. The number of carbonyl (C=O) groups is 3. The zero-order valence-corrected chi connectivity index (χ0v) is 24.7. The van der Waals surface area contributed by atoms with Crippen LogP contribution in [0.3, 0.4) is 0 Å². The van der Waals surface area contributed by atoms with E-state index >= 15 is 0 Å². The molecule has 3 aromatic carbocycles. The van der Waals surface area contributed by atoms with Crippen LogP contribution in [0, 0.1) is 11.6 Å². The molecule has 3 aliphatic rings. The van der Waals surface area contributed by atoms with Gasteiger partial charge >= 0.3 is 0 Å². The summed E-state index contributed by atoms with van der Waals surface area (Å²) in [5, 5.41) is 6.07. The van der Waals surface area contributed by atoms with Crippen molar-refractivity contribution < 1.29 is 32.6 Å². The molecule has 0 aromatic heterocycles. The molecule has 6 rings (SSSR count). The number of fused-ring (bicyclic) bond motifs is 1. The predicted octanol–water partition coefficient (Wildman–Crippen LogP) is 4.30. The van der Waals surface area contributed by atoms with Crippen molar-refractivity contribution in [3.05, 3.63) is 82.9 Å². The van der Waals surface area contributed by atoms with E-state index in [9.17, 15) is 23.2 Å². The zero-order valence-electron chi connectivity index (χ0n) is 24.7. The summed E-state index contributed by atoms with van der Waals surface area (Å²) in [4.78, 5) is 43.4. The Morgan fingerprint density at radius 2 is 1.47 bits per heavy atom. The SMILES string of the molecule is NC1CCC(NC(=O)c2ccc(N3CCCN(C(=O)c4cc(F)cc(F)c4)CC3)c(NC(=O)c3ccc4c(c3)OCO4)c2)CC1. The minimum absolute atomic E-state index is 0.0318. The summed E-state index contributed by atoms with van der Waals surface area (Å²) in [5.41, 5.74) is 7.84. The Kier molecular flexibility index (Phi) is 8.83. The summed E-state index contributed by atoms with van der Waals surface area (Å²) in [7, 11) is 0. The maximum atomic E-state index is 13.8. The van der Waals surface area contributed by atoms with E-state index in [2.05, 4.69) is 10.6 Å². The van der Waals surface area contributed by atoms with Crippen molar-refractivity contribution in [2.45, 2.75) is 44.2 Å². The number of amides is 3. The van der Waals surface area contributed by atoms with Gasteiger partial charge in [-0.2, -0.15) is 0 Å². The van der Waals surface area contributed by atoms with Crippen LogP contribution in [0.1, 0.15) is 63.2 Å². The predicted molar refractivity (Wildman–Crippen MR) is 164 cm³/mol. The molecule has 236 valence electrons. The zero-order chi connectivity index (χ0) is 31.5. The van der Waals surface area contributed by atoms with Crippen molar-refractivity contribution in [3.8, 4) is 11.5 Å². The van der Waals surface area contributed by atoms with Crippen LogP contribution in [-0.4, -0.2) is 67.7 Å². The van der Waals surface area contributed by atoms with Gasteiger partial charge in [-0.15, -0.1) is 0 Å². The maximum absolute atomic E-state index is 13.8. The van der Waals surface area contributed by atoms with E-state index in [0.717, 1.165) is 43.9 Å². The molecule has 12 heteroatoms. The van der Waals surface area contributed by atoms with E-state index < -0.39 is 23.4 Å². The number of nitrogens with one attached hydrogen (secondary N) is 2. The van der Waals surface area contributed by atoms with Gasteiger partial charge in [0.05, 0.1) is 11.4 Å². The summed E-state index contributed by atoms with van der Waals surface area (Å²) in [6, 6.07) is 13.1. The van der Waals surface area contributed by atoms with Crippen molar-refractivity contribution in [1.82, 2.24) is 10.2 Å². The van der Waals surface area contributed by atoms with Gasteiger partial charge in [0.2, 0.25) is 6.79 Å². The fourth-order valence-corrected chi connectivity index (χ4v) is 6.04. The fraction of sp³-hybridized carbons (Fsp3) is 0.364. The monoisotopic (exact) mass is 619 g/mol. The quantitative estimate of drug-likeness (QED) is 0.376. The van der Waals surface area contributed by atoms with Crippen LogP contribution in [0.4, 0.5) is 20.2 Å². The molecule has 45 heavy (non-hydrogen) atoms. The lowest BCUT2D eigenvalue weighted by atomic mass is 9.91. The van der Waals surface area contributed by atoms with E-state index in [1.54, 1.807) is 41.3 Å². The van der Waals surface area contributed by atoms with E-state index in [1.165, 1.54) is 0 Å². The average molecular weight is 620 g/mol. The summed E-state index contributed by atoms with van der Waals surface area (Å²) < 4.78 is 38.4. The van der Waals surface area contributed by atoms with Gasteiger partial charge < -0.3 is 35.6 Å². The maximum Gasteiger partial charge on any atom is 0.255 e. The molecule has 1 aliphatic carbocycles. The van der Waals surface area contributed by atoms with Crippen molar-refractivity contribution in [2.75, 3.05) is 43.2 Å². The minimum Gasteiger partial charge on any atom is -0.454 e. The number of halogens is 2. The van der Waals surface area contributed by atoms with Crippen molar-refractivity contribution in [2.24, 2.45) is 5.73 Å². The Balaban J connectivity index is 1.23. The van der Waals surface area contributed by atoms with Crippen LogP contribution >= 0.6 is 0 Å². The standard InChI is InChI=1S/C33H35F2N5O5/c34-23-14-22(15-24(35)18-23)33(43)40-11-1-10-39(12-13-40)28-8-2-20(31(41)37-26-6-4-25(36)5-7-26)16-27(28)38-32(42)21-3-9-29-30(17-21)45-19-44-29/h2-3,8-9,14-18,25-26H,1,4-7,10-13,19,36H2,(H,37,41)(H,38,42). The molecule has 0 bridgehead atoms. The minimum atomic E-state index is -0.811. The largest absolute Gasteiger partial charge is 0.454 e. The highest BCUT2D eigenvalue weighted by Gasteiger charge is 2.26. The third-order valence-corrected chi connectivity index (χ3v) is 8.48. The third kappa shape index (κ3) is 7.01. The number of hydrogen-bond acceptors (Lipinski definition) is 7. The Morgan fingerprint density at radius 1 is 0.756 bits per heavy atom. The van der Waals surface area contributed by atoms with Crippen molar-refractivity contribution in [3.63, 3.8) is 0 Å². The lowest BCUT2D eigenvalue weighted by molar-refractivity contribution is 0.0765. The second kappa shape index (κ2) is 13.1. The van der Waals surface area contributed by atoms with Gasteiger partial charge in [-0.05, 0) is 80.6 Å². The first kappa shape index (κ1) is 30.3. The average Bonchev–Trinajstić information content (AvgIpc) is 3.37. The summed E-state index contributed by atoms with van der Waals surface area (Å²) in [6.07, 6.45) is 3.89. The highest BCUT2D eigenvalue weighted by Crippen LogP contribution is 2.34. The second-order valence-corrected chi connectivity index (χ2v) is 11.6. The van der Waals surface area contributed by atoms with E-state index in [1.807, 2.05) is 4.90 Å². The van der Waals surface area contributed by atoms with Gasteiger partial charge in [0.25, 0.3) is 17.7 Å². The molecule has 1 saturated heterocycles. The second-order valence-electron chi connectivity index (χ2n) is 11.6. The smallest absolute Gasteiger partial charge is 0.255 e. The Morgan fingerprint density at radius 3 is 2.24 bits per heavy atom. The molecule has 0 unspecified atom stereocenters. The van der Waals surface area contributed by atoms with Crippen LogP contribution in [-0.2, 0) is 0 Å². The first-order valence-electron chi connectivity index (χ1n) is 15.2. The number of carbonyl (C=O) groups excluding carboxylic acids is 3. The van der Waals surface area contributed by atoms with Crippen molar-refractivity contribution >= 4 is 29.1 Å². The highest BCUT2D eigenvalue weighted by atomic mass is 19.1. The van der Waals surface area contributed by atoms with Gasteiger partial charge in [0.1, 0.15) is 11.6 Å². The summed E-state index contributed by atoms with van der Waals surface area (Å²) >= 11 is 0. The highest BCUT2D eigenvalue weighted by molar-refractivity contribution is 6.07. The number of ether oxygens (including phenoxy) is 2. The lowest BCUT2D eigenvalue weighted by Gasteiger charge is -2.28. The van der Waals surface area contributed by atoms with E-state index in [0.29, 0.717) is 66.6 Å². The Labute approximate surface area is 259 Å². The lowest BCUT2D eigenvalue weighted by Crippen LogP contribution is -2.40. The molecule has 2 heterocycles. The van der Waals surface area contributed by atoms with Crippen LogP contribution < -0.4 is 30.7 Å². The number of anilines is 2. The van der Waals surface area contributed by atoms with Crippen LogP contribution in [0.25, 0.3) is 0 Å². The van der Waals surface area contributed by atoms with Crippen LogP contribution in [0.2, 0.25) is 0 Å².